The van der Waals surface area contributed by atoms with Gasteiger partial charge in [-0.3, -0.25) is 10.2 Å². The molecule has 0 saturated carbocycles. The van der Waals surface area contributed by atoms with Crippen molar-refractivity contribution >= 4 is 39.1 Å². The number of para-hydroxylation sites is 1. The van der Waals surface area contributed by atoms with Crippen molar-refractivity contribution in [2.24, 2.45) is 5.16 Å². The number of anilines is 1. The first-order chi connectivity index (χ1) is 9.50. The van der Waals surface area contributed by atoms with Crippen molar-refractivity contribution < 1.29 is 18.0 Å². The van der Waals surface area contributed by atoms with Crippen LogP contribution in [-0.4, -0.2) is 43.2 Å². The molecule has 1 aromatic carbocycles. The Hall–Kier alpha value is -1.54. The number of amides is 1. The number of hydrogen-bond acceptors (Lipinski definition) is 6. The van der Waals surface area contributed by atoms with Gasteiger partial charge in [0.15, 0.2) is 9.84 Å². The van der Waals surface area contributed by atoms with Crippen LogP contribution in [0.25, 0.3) is 0 Å². The molecule has 0 unspecified atom stereocenters. The second-order valence-corrected chi connectivity index (χ2v) is 7.38. The zero-order chi connectivity index (χ0) is 14.6. The van der Waals surface area contributed by atoms with Gasteiger partial charge in [-0.15, -0.1) is 0 Å². The number of rotatable bonds is 3. The minimum atomic E-state index is -3.13. The van der Waals surface area contributed by atoms with Gasteiger partial charge in [-0.25, -0.2) is 13.2 Å². The van der Waals surface area contributed by atoms with Gasteiger partial charge in [0.05, 0.1) is 22.5 Å². The first-order valence-electron chi connectivity index (χ1n) is 5.83. The van der Waals surface area contributed by atoms with Gasteiger partial charge in [0.2, 0.25) is 0 Å². The van der Waals surface area contributed by atoms with E-state index in [1.807, 2.05) is 6.07 Å². The molecule has 1 aromatic rings. The molecular formula is C12H14N2O4S2. The molecule has 20 heavy (non-hydrogen) atoms. The summed E-state index contributed by atoms with van der Waals surface area (Å²) in [7, 11) is -3.13. The van der Waals surface area contributed by atoms with E-state index in [4.69, 9.17) is 4.84 Å². The summed E-state index contributed by atoms with van der Waals surface area (Å²) < 4.78 is 23.0. The molecule has 1 atom stereocenters. The second-order valence-electron chi connectivity index (χ2n) is 4.23. The lowest BCUT2D eigenvalue weighted by atomic mass is 10.3. The Kier molecular flexibility index (Phi) is 4.66. The summed E-state index contributed by atoms with van der Waals surface area (Å²) in [6, 6.07) is 8.78. The number of sulfone groups is 1. The van der Waals surface area contributed by atoms with E-state index in [9.17, 15) is 13.2 Å². The average Bonchev–Trinajstić information content (AvgIpc) is 2.72. The molecule has 1 amide bonds. The van der Waals surface area contributed by atoms with E-state index >= 15 is 0 Å². The molecule has 0 spiro atoms. The number of nitrogens with one attached hydrogen (secondary N) is 1. The number of thioether (sulfide) groups is 1. The molecule has 1 aliphatic heterocycles. The third-order valence-electron chi connectivity index (χ3n) is 2.70. The van der Waals surface area contributed by atoms with E-state index in [0.29, 0.717) is 11.4 Å². The smallest absolute Gasteiger partial charge is 0.298 e. The SMILES string of the molecule is CS[C@H]1CS(=O)(=O)C/C1=N\OC(=O)Nc1ccccc1. The zero-order valence-corrected chi connectivity index (χ0v) is 12.4. The Balaban J connectivity index is 1.97. The van der Waals surface area contributed by atoms with Crippen molar-refractivity contribution in [3.8, 4) is 0 Å². The van der Waals surface area contributed by atoms with Crippen molar-refractivity contribution in [1.82, 2.24) is 0 Å². The zero-order valence-electron chi connectivity index (χ0n) is 10.8. The molecular weight excluding hydrogens is 300 g/mol. The van der Waals surface area contributed by atoms with Crippen LogP contribution in [0.4, 0.5) is 10.5 Å². The quantitative estimate of drug-likeness (QED) is 0.678. The number of benzene rings is 1. The molecule has 1 heterocycles. The van der Waals surface area contributed by atoms with Crippen LogP contribution >= 0.6 is 11.8 Å². The molecule has 1 fully saturated rings. The van der Waals surface area contributed by atoms with E-state index in [0.717, 1.165) is 0 Å². The highest BCUT2D eigenvalue weighted by molar-refractivity contribution is 8.02. The molecule has 8 heteroatoms. The van der Waals surface area contributed by atoms with Gasteiger partial charge in [-0.2, -0.15) is 11.8 Å². The first kappa shape index (κ1) is 14.9. The second kappa shape index (κ2) is 6.27. The maximum atomic E-state index is 11.5. The van der Waals surface area contributed by atoms with Crippen molar-refractivity contribution in [2.75, 3.05) is 23.1 Å². The minimum absolute atomic E-state index is 0.0384. The van der Waals surface area contributed by atoms with E-state index < -0.39 is 15.9 Å². The minimum Gasteiger partial charge on any atom is -0.298 e. The van der Waals surface area contributed by atoms with Crippen molar-refractivity contribution in [2.45, 2.75) is 5.25 Å². The average molecular weight is 314 g/mol. The summed E-state index contributed by atoms with van der Waals surface area (Å²) >= 11 is 1.38. The number of carbonyl (C=O) groups excluding carboxylic acids is 1. The third kappa shape index (κ3) is 3.97. The van der Waals surface area contributed by atoms with Crippen LogP contribution in [-0.2, 0) is 14.7 Å². The van der Waals surface area contributed by atoms with Gasteiger partial charge >= 0.3 is 6.09 Å². The van der Waals surface area contributed by atoms with Gasteiger partial charge in [0, 0.05) is 5.69 Å². The summed E-state index contributed by atoms with van der Waals surface area (Å²) in [6.45, 7) is 0. The Morgan fingerprint density at radius 1 is 1.40 bits per heavy atom. The molecule has 0 bridgehead atoms. The summed E-state index contributed by atoms with van der Waals surface area (Å²) in [5.41, 5.74) is 0.957. The highest BCUT2D eigenvalue weighted by atomic mass is 32.2. The van der Waals surface area contributed by atoms with Crippen LogP contribution in [0.5, 0.6) is 0 Å². The monoisotopic (exact) mass is 314 g/mol. The molecule has 108 valence electrons. The normalized spacial score (nSPS) is 22.6. The Morgan fingerprint density at radius 3 is 2.75 bits per heavy atom. The summed E-state index contributed by atoms with van der Waals surface area (Å²) in [6.07, 6.45) is 1.05. The lowest BCUT2D eigenvalue weighted by Crippen LogP contribution is -2.17. The van der Waals surface area contributed by atoms with Crippen molar-refractivity contribution in [3.05, 3.63) is 30.3 Å². The largest absolute Gasteiger partial charge is 0.437 e. The molecule has 1 N–H and O–H groups in total. The predicted octanol–water partition coefficient (Wildman–Crippen LogP) is 1.75. The molecule has 1 aliphatic rings. The molecule has 1 saturated heterocycles. The maximum absolute atomic E-state index is 11.5. The lowest BCUT2D eigenvalue weighted by Gasteiger charge is -2.05. The van der Waals surface area contributed by atoms with E-state index in [1.165, 1.54) is 11.8 Å². The van der Waals surface area contributed by atoms with E-state index in [1.54, 1.807) is 30.5 Å². The van der Waals surface area contributed by atoms with Gasteiger partial charge in [-0.1, -0.05) is 23.4 Å². The number of carbonyl (C=O) groups is 1. The Bertz CT molecular complexity index is 614. The van der Waals surface area contributed by atoms with Crippen LogP contribution in [0, 0.1) is 0 Å². The molecule has 0 radical (unpaired) electrons. The molecule has 2 rings (SSSR count). The Morgan fingerprint density at radius 2 is 2.10 bits per heavy atom. The summed E-state index contributed by atoms with van der Waals surface area (Å²) in [4.78, 5) is 16.2. The fourth-order valence-corrected chi connectivity index (χ4v) is 4.90. The van der Waals surface area contributed by atoms with Crippen LogP contribution in [0.1, 0.15) is 0 Å². The predicted molar refractivity (Wildman–Crippen MR) is 79.9 cm³/mol. The van der Waals surface area contributed by atoms with Gasteiger partial charge in [0.1, 0.15) is 0 Å². The van der Waals surface area contributed by atoms with E-state index in [-0.39, 0.29) is 16.8 Å². The first-order valence-corrected chi connectivity index (χ1v) is 8.94. The molecule has 6 nitrogen and oxygen atoms in total. The number of nitrogens with zero attached hydrogens (tertiary/aromatic N) is 1. The summed E-state index contributed by atoms with van der Waals surface area (Å²) in [5.74, 6) is -0.117. The van der Waals surface area contributed by atoms with Crippen molar-refractivity contribution in [1.29, 1.82) is 0 Å². The maximum Gasteiger partial charge on any atom is 0.437 e. The topological polar surface area (TPSA) is 84.8 Å². The summed E-state index contributed by atoms with van der Waals surface area (Å²) in [5, 5.41) is 5.92. The van der Waals surface area contributed by atoms with Crippen LogP contribution in [0.3, 0.4) is 0 Å². The highest BCUT2D eigenvalue weighted by Gasteiger charge is 2.34. The van der Waals surface area contributed by atoms with Gasteiger partial charge in [0.25, 0.3) is 0 Å². The third-order valence-corrected chi connectivity index (χ3v) is 5.49. The van der Waals surface area contributed by atoms with Gasteiger partial charge in [-0.05, 0) is 18.4 Å². The standard InChI is InChI=1S/C12H14N2O4S2/c1-19-11-8-20(16,17)7-10(11)14-18-12(15)13-9-5-3-2-4-6-9/h2-6,11H,7-8H2,1H3,(H,13,15)/b14-10+/t11-/m0/s1. The van der Waals surface area contributed by atoms with Gasteiger partial charge < -0.3 is 0 Å². The highest BCUT2D eigenvalue weighted by Crippen LogP contribution is 2.20. The Labute approximate surface area is 121 Å². The van der Waals surface area contributed by atoms with Crippen LogP contribution in [0.2, 0.25) is 0 Å². The van der Waals surface area contributed by atoms with E-state index in [2.05, 4.69) is 10.5 Å². The fourth-order valence-electron chi connectivity index (χ4n) is 1.76. The lowest BCUT2D eigenvalue weighted by molar-refractivity contribution is 0.166. The number of oxime groups is 1. The molecule has 0 aromatic heterocycles. The molecule has 0 aliphatic carbocycles. The van der Waals surface area contributed by atoms with Crippen molar-refractivity contribution in [3.63, 3.8) is 0 Å². The van der Waals surface area contributed by atoms with Crippen LogP contribution in [0.15, 0.2) is 35.5 Å². The number of hydrogen-bond donors (Lipinski definition) is 1. The fraction of sp³-hybridized carbons (Fsp3) is 0.333. The van der Waals surface area contributed by atoms with Crippen LogP contribution < -0.4 is 5.32 Å².